The molecule has 1 aromatic rings. The minimum atomic E-state index is -0.742. The molecular formula is C16H21F2NO2. The zero-order valence-electron chi connectivity index (χ0n) is 12.4. The zero-order chi connectivity index (χ0) is 15.6. The first-order valence-corrected chi connectivity index (χ1v) is 7.31. The highest BCUT2D eigenvalue weighted by molar-refractivity contribution is 5.74. The van der Waals surface area contributed by atoms with Crippen LogP contribution in [-0.2, 0) is 4.79 Å². The molecule has 1 atom stereocenters. The van der Waals surface area contributed by atoms with Gasteiger partial charge in [-0.2, -0.15) is 0 Å². The van der Waals surface area contributed by atoms with Gasteiger partial charge in [-0.1, -0.05) is 6.92 Å². The van der Waals surface area contributed by atoms with Crippen LogP contribution in [0.1, 0.15) is 44.7 Å². The molecule has 0 bridgehead atoms. The first kappa shape index (κ1) is 15.9. The van der Waals surface area contributed by atoms with E-state index in [1.54, 1.807) is 0 Å². The van der Waals surface area contributed by atoms with E-state index in [0.717, 1.165) is 6.07 Å². The third-order valence-corrected chi connectivity index (χ3v) is 4.80. The Labute approximate surface area is 123 Å². The van der Waals surface area contributed by atoms with Gasteiger partial charge in [0.25, 0.3) is 0 Å². The zero-order valence-corrected chi connectivity index (χ0v) is 12.4. The Morgan fingerprint density at radius 2 is 1.81 bits per heavy atom. The minimum absolute atomic E-state index is 0.126. The van der Waals surface area contributed by atoms with E-state index in [0.29, 0.717) is 37.9 Å². The largest absolute Gasteiger partial charge is 0.481 e. The number of likely N-dealkylation sites (tertiary alicyclic amines) is 1. The molecule has 0 spiro atoms. The molecule has 1 saturated heterocycles. The summed E-state index contributed by atoms with van der Waals surface area (Å²) in [6, 6.07) is 3.41. The fourth-order valence-corrected chi connectivity index (χ4v) is 3.09. The van der Waals surface area contributed by atoms with Gasteiger partial charge in [-0.05, 0) is 57.0 Å². The highest BCUT2D eigenvalue weighted by Gasteiger charge is 2.40. The quantitative estimate of drug-likeness (QED) is 0.923. The van der Waals surface area contributed by atoms with Crippen LogP contribution in [0.2, 0.25) is 0 Å². The summed E-state index contributed by atoms with van der Waals surface area (Å²) in [5.41, 5.74) is -0.0597. The number of nitrogens with zero attached hydrogens (tertiary/aromatic N) is 1. The van der Waals surface area contributed by atoms with Crippen molar-refractivity contribution in [3.8, 4) is 0 Å². The third kappa shape index (κ3) is 3.23. The maximum atomic E-state index is 13.3. The van der Waals surface area contributed by atoms with Crippen molar-refractivity contribution in [2.45, 2.75) is 39.2 Å². The average molecular weight is 297 g/mol. The van der Waals surface area contributed by atoms with Crippen molar-refractivity contribution in [2.75, 3.05) is 13.1 Å². The van der Waals surface area contributed by atoms with Crippen LogP contribution in [0.3, 0.4) is 0 Å². The van der Waals surface area contributed by atoms with Crippen LogP contribution in [0.4, 0.5) is 8.78 Å². The third-order valence-electron chi connectivity index (χ3n) is 4.80. The smallest absolute Gasteiger partial charge is 0.309 e. The number of rotatable bonds is 4. The lowest BCUT2D eigenvalue weighted by atomic mass is 9.76. The first-order chi connectivity index (χ1) is 9.88. The van der Waals surface area contributed by atoms with Crippen LogP contribution < -0.4 is 0 Å². The Hall–Kier alpha value is -1.49. The molecule has 1 unspecified atom stereocenters. The fraction of sp³-hybridized carbons (Fsp3) is 0.562. The van der Waals surface area contributed by atoms with Gasteiger partial charge in [-0.25, -0.2) is 8.78 Å². The summed E-state index contributed by atoms with van der Waals surface area (Å²) in [6.07, 6.45) is 1.75. The SMILES string of the molecule is CCC1(C(=O)O)CCN(C(C)c2cc(F)cc(F)c2)CC1. The molecule has 1 aromatic carbocycles. The van der Waals surface area contributed by atoms with Gasteiger partial charge in [0.05, 0.1) is 5.41 Å². The van der Waals surface area contributed by atoms with Crippen molar-refractivity contribution < 1.29 is 18.7 Å². The predicted molar refractivity (Wildman–Crippen MR) is 75.9 cm³/mol. The summed E-state index contributed by atoms with van der Waals surface area (Å²) in [4.78, 5) is 13.5. The molecule has 2 rings (SSSR count). The lowest BCUT2D eigenvalue weighted by Gasteiger charge is -2.41. The molecule has 0 aliphatic carbocycles. The molecule has 0 saturated carbocycles. The van der Waals surface area contributed by atoms with Crippen LogP contribution in [0.5, 0.6) is 0 Å². The van der Waals surface area contributed by atoms with Gasteiger partial charge < -0.3 is 5.11 Å². The second kappa shape index (κ2) is 6.10. The molecule has 1 N–H and O–H groups in total. The topological polar surface area (TPSA) is 40.5 Å². The van der Waals surface area contributed by atoms with Gasteiger partial charge in [0, 0.05) is 12.1 Å². The number of hydrogen-bond donors (Lipinski definition) is 1. The minimum Gasteiger partial charge on any atom is -0.481 e. The number of halogens is 2. The number of carboxylic acids is 1. The molecule has 3 nitrogen and oxygen atoms in total. The van der Waals surface area contributed by atoms with Crippen molar-refractivity contribution in [1.29, 1.82) is 0 Å². The van der Waals surface area contributed by atoms with E-state index in [1.165, 1.54) is 12.1 Å². The molecule has 1 aliphatic rings. The van der Waals surface area contributed by atoms with Crippen LogP contribution >= 0.6 is 0 Å². The van der Waals surface area contributed by atoms with Gasteiger partial charge in [0.2, 0.25) is 0 Å². The van der Waals surface area contributed by atoms with E-state index in [-0.39, 0.29) is 6.04 Å². The molecule has 1 aliphatic heterocycles. The number of carbonyl (C=O) groups is 1. The molecule has 5 heteroatoms. The molecule has 21 heavy (non-hydrogen) atoms. The highest BCUT2D eigenvalue weighted by Crippen LogP contribution is 2.37. The van der Waals surface area contributed by atoms with Crippen LogP contribution in [0.25, 0.3) is 0 Å². The number of piperidine rings is 1. The van der Waals surface area contributed by atoms with Crippen LogP contribution in [-0.4, -0.2) is 29.1 Å². The molecule has 0 aromatic heterocycles. The fourth-order valence-electron chi connectivity index (χ4n) is 3.09. The number of aliphatic carboxylic acids is 1. The second-order valence-corrected chi connectivity index (χ2v) is 5.85. The average Bonchev–Trinajstić information content (AvgIpc) is 2.45. The van der Waals surface area contributed by atoms with Gasteiger partial charge in [0.1, 0.15) is 11.6 Å². The van der Waals surface area contributed by atoms with E-state index in [4.69, 9.17) is 0 Å². The van der Waals surface area contributed by atoms with Crippen molar-refractivity contribution in [1.82, 2.24) is 4.90 Å². The van der Waals surface area contributed by atoms with Crippen LogP contribution in [0.15, 0.2) is 18.2 Å². The Balaban J connectivity index is 2.09. The predicted octanol–water partition coefficient (Wildman–Crippen LogP) is 3.60. The van der Waals surface area contributed by atoms with Crippen molar-refractivity contribution >= 4 is 5.97 Å². The molecule has 1 fully saturated rings. The number of hydrogen-bond acceptors (Lipinski definition) is 2. The highest BCUT2D eigenvalue weighted by atomic mass is 19.1. The Kier molecular flexibility index (Phi) is 4.61. The summed E-state index contributed by atoms with van der Waals surface area (Å²) < 4.78 is 26.6. The molecule has 1 heterocycles. The van der Waals surface area contributed by atoms with E-state index >= 15 is 0 Å². The molecular weight excluding hydrogens is 276 g/mol. The Morgan fingerprint density at radius 3 is 2.24 bits per heavy atom. The van der Waals surface area contributed by atoms with E-state index in [9.17, 15) is 18.7 Å². The van der Waals surface area contributed by atoms with Crippen LogP contribution in [0, 0.1) is 17.0 Å². The first-order valence-electron chi connectivity index (χ1n) is 7.31. The standard InChI is InChI=1S/C16H21F2NO2/c1-3-16(15(20)21)4-6-19(7-5-16)11(2)12-8-13(17)10-14(18)9-12/h8-11H,3-7H2,1-2H3,(H,20,21). The number of carboxylic acid groups (broad SMARTS) is 1. The normalized spacial score (nSPS) is 20.2. The van der Waals surface area contributed by atoms with Gasteiger partial charge in [0.15, 0.2) is 0 Å². The molecule has 0 radical (unpaired) electrons. The summed E-state index contributed by atoms with van der Waals surface area (Å²) in [7, 11) is 0. The summed E-state index contributed by atoms with van der Waals surface area (Å²) in [5.74, 6) is -1.90. The Bertz CT molecular complexity index is 505. The maximum Gasteiger partial charge on any atom is 0.309 e. The number of benzene rings is 1. The Morgan fingerprint density at radius 1 is 1.29 bits per heavy atom. The maximum absolute atomic E-state index is 13.3. The monoisotopic (exact) mass is 297 g/mol. The summed E-state index contributed by atoms with van der Waals surface area (Å²) >= 11 is 0. The van der Waals surface area contributed by atoms with Gasteiger partial charge in [-0.3, -0.25) is 9.69 Å². The second-order valence-electron chi connectivity index (χ2n) is 5.85. The van der Waals surface area contributed by atoms with Crippen molar-refractivity contribution in [2.24, 2.45) is 5.41 Å². The molecule has 116 valence electrons. The summed E-state index contributed by atoms with van der Waals surface area (Å²) in [6.45, 7) is 5.04. The van der Waals surface area contributed by atoms with Gasteiger partial charge >= 0.3 is 5.97 Å². The molecule has 0 amide bonds. The van der Waals surface area contributed by atoms with E-state index in [1.807, 2.05) is 13.8 Å². The van der Waals surface area contributed by atoms with E-state index in [2.05, 4.69) is 4.90 Å². The van der Waals surface area contributed by atoms with Crippen molar-refractivity contribution in [3.63, 3.8) is 0 Å². The summed E-state index contributed by atoms with van der Waals surface area (Å²) in [5, 5.41) is 9.39. The lowest BCUT2D eigenvalue weighted by Crippen LogP contribution is -2.44. The van der Waals surface area contributed by atoms with Crippen molar-refractivity contribution in [3.05, 3.63) is 35.4 Å². The lowest BCUT2D eigenvalue weighted by molar-refractivity contribution is -0.152. The van der Waals surface area contributed by atoms with E-state index < -0.39 is 23.0 Å². The van der Waals surface area contributed by atoms with Gasteiger partial charge in [-0.15, -0.1) is 0 Å².